The molecular weight excluding hydrogens is 408 g/mol. The van der Waals surface area contributed by atoms with Gasteiger partial charge in [0.25, 0.3) is 17.4 Å². The van der Waals surface area contributed by atoms with Gasteiger partial charge in [-0.05, 0) is 44.2 Å². The Bertz CT molecular complexity index is 1180. The third-order valence-corrected chi connectivity index (χ3v) is 5.74. The molecule has 1 fully saturated rings. The molecule has 32 heavy (non-hydrogen) atoms. The van der Waals surface area contributed by atoms with E-state index in [1.165, 1.54) is 0 Å². The zero-order valence-electron chi connectivity index (χ0n) is 18.1. The van der Waals surface area contributed by atoms with Crippen LogP contribution in [0.5, 0.6) is 0 Å². The largest absolute Gasteiger partial charge is 0.369 e. The predicted octanol–water partition coefficient (Wildman–Crippen LogP) is 1.53. The first kappa shape index (κ1) is 21.5. The van der Waals surface area contributed by atoms with Gasteiger partial charge in [-0.15, -0.1) is 0 Å². The number of carbonyl (C=O) groups is 2. The SMILES string of the molecule is CC(C)N1CCN(c2ccc(C(=O)NNC(=O)c3n[nH]c(=O)c4ccccc34)cc2)CC1. The Morgan fingerprint density at radius 1 is 0.906 bits per heavy atom. The van der Waals surface area contributed by atoms with Crippen LogP contribution in [0.15, 0.2) is 53.3 Å². The Morgan fingerprint density at radius 2 is 1.53 bits per heavy atom. The highest BCUT2D eigenvalue weighted by molar-refractivity contribution is 6.06. The Labute approximate surface area is 185 Å². The van der Waals surface area contributed by atoms with Gasteiger partial charge in [-0.3, -0.25) is 30.1 Å². The van der Waals surface area contributed by atoms with Gasteiger partial charge in [-0.1, -0.05) is 18.2 Å². The quantitative estimate of drug-likeness (QED) is 0.537. The number of aromatic amines is 1. The molecule has 9 nitrogen and oxygen atoms in total. The van der Waals surface area contributed by atoms with Crippen LogP contribution in [0.1, 0.15) is 34.7 Å². The highest BCUT2D eigenvalue weighted by Gasteiger charge is 2.19. The molecule has 1 aliphatic rings. The van der Waals surface area contributed by atoms with Crippen molar-refractivity contribution in [2.75, 3.05) is 31.1 Å². The minimum Gasteiger partial charge on any atom is -0.369 e. The molecule has 1 aromatic heterocycles. The topological polar surface area (TPSA) is 110 Å². The molecule has 0 atom stereocenters. The van der Waals surface area contributed by atoms with Crippen LogP contribution < -0.4 is 21.3 Å². The highest BCUT2D eigenvalue weighted by atomic mass is 16.2. The number of hydrazine groups is 1. The van der Waals surface area contributed by atoms with Crippen molar-refractivity contribution in [2.45, 2.75) is 19.9 Å². The molecule has 0 bridgehead atoms. The van der Waals surface area contributed by atoms with Crippen LogP contribution in [-0.2, 0) is 0 Å². The standard InChI is InChI=1S/C23H26N6O3/c1-15(2)28-11-13-29(14-12-28)17-9-7-16(8-10-17)21(30)25-27-23(32)20-18-5-3-4-6-19(18)22(31)26-24-20/h3-10,15H,11-14H2,1-2H3,(H,25,30)(H,26,31)(H,27,32). The number of aromatic nitrogens is 2. The number of anilines is 1. The number of carbonyl (C=O) groups excluding carboxylic acids is 2. The van der Waals surface area contributed by atoms with Gasteiger partial charge in [0.1, 0.15) is 0 Å². The Balaban J connectivity index is 1.37. The number of nitrogens with one attached hydrogen (secondary N) is 3. The lowest BCUT2D eigenvalue weighted by atomic mass is 10.1. The molecule has 9 heteroatoms. The molecule has 2 amide bonds. The maximum absolute atomic E-state index is 12.5. The average molecular weight is 435 g/mol. The summed E-state index contributed by atoms with van der Waals surface area (Å²) in [5, 5.41) is 6.89. The van der Waals surface area contributed by atoms with Crippen LogP contribution in [0.3, 0.4) is 0 Å². The second kappa shape index (κ2) is 9.19. The lowest BCUT2D eigenvalue weighted by molar-refractivity contribution is 0.0844. The van der Waals surface area contributed by atoms with Crippen LogP contribution in [-0.4, -0.2) is 59.1 Å². The maximum atomic E-state index is 12.5. The van der Waals surface area contributed by atoms with Gasteiger partial charge in [-0.25, -0.2) is 5.10 Å². The number of H-pyrrole nitrogens is 1. The van der Waals surface area contributed by atoms with Crippen molar-refractivity contribution in [3.05, 3.63) is 70.1 Å². The van der Waals surface area contributed by atoms with Crippen molar-refractivity contribution in [3.8, 4) is 0 Å². The molecule has 1 aliphatic heterocycles. The zero-order valence-corrected chi connectivity index (χ0v) is 18.1. The second-order valence-electron chi connectivity index (χ2n) is 8.02. The van der Waals surface area contributed by atoms with E-state index in [0.717, 1.165) is 31.9 Å². The van der Waals surface area contributed by atoms with E-state index < -0.39 is 11.8 Å². The first-order chi connectivity index (χ1) is 15.4. The first-order valence-corrected chi connectivity index (χ1v) is 10.6. The summed E-state index contributed by atoms with van der Waals surface area (Å²) in [5.74, 6) is -1.06. The Kier molecular flexibility index (Phi) is 6.18. The minimum absolute atomic E-state index is 0.0244. The third kappa shape index (κ3) is 4.47. The molecule has 0 unspecified atom stereocenters. The van der Waals surface area contributed by atoms with E-state index in [1.54, 1.807) is 36.4 Å². The summed E-state index contributed by atoms with van der Waals surface area (Å²) in [4.78, 5) is 41.6. The van der Waals surface area contributed by atoms with Crippen molar-refractivity contribution >= 4 is 28.3 Å². The van der Waals surface area contributed by atoms with Gasteiger partial charge in [-0.2, -0.15) is 5.10 Å². The number of hydrogen-bond donors (Lipinski definition) is 3. The summed E-state index contributed by atoms with van der Waals surface area (Å²) in [5.41, 5.74) is 5.90. The number of rotatable bonds is 4. The van der Waals surface area contributed by atoms with Crippen molar-refractivity contribution in [1.82, 2.24) is 25.9 Å². The second-order valence-corrected chi connectivity index (χ2v) is 8.02. The van der Waals surface area contributed by atoms with Gasteiger partial charge in [0.15, 0.2) is 5.69 Å². The van der Waals surface area contributed by atoms with E-state index in [-0.39, 0.29) is 11.3 Å². The Morgan fingerprint density at radius 3 is 2.19 bits per heavy atom. The molecule has 4 rings (SSSR count). The Hall–Kier alpha value is -3.72. The molecule has 1 saturated heterocycles. The third-order valence-electron chi connectivity index (χ3n) is 5.74. The molecule has 0 radical (unpaired) electrons. The molecule has 3 N–H and O–H groups in total. The number of benzene rings is 2. The number of hydrogen-bond acceptors (Lipinski definition) is 6. The minimum atomic E-state index is -0.620. The van der Waals surface area contributed by atoms with E-state index in [2.05, 4.69) is 44.7 Å². The normalized spacial score (nSPS) is 14.5. The fourth-order valence-electron chi connectivity index (χ4n) is 3.85. The fourth-order valence-corrected chi connectivity index (χ4v) is 3.85. The van der Waals surface area contributed by atoms with Gasteiger partial charge in [0.05, 0.1) is 5.39 Å². The highest BCUT2D eigenvalue weighted by Crippen LogP contribution is 2.18. The van der Waals surface area contributed by atoms with Crippen molar-refractivity contribution in [3.63, 3.8) is 0 Å². The van der Waals surface area contributed by atoms with Crippen LogP contribution in [0.25, 0.3) is 10.8 Å². The van der Waals surface area contributed by atoms with Crippen molar-refractivity contribution in [1.29, 1.82) is 0 Å². The van der Waals surface area contributed by atoms with Gasteiger partial charge < -0.3 is 4.90 Å². The van der Waals surface area contributed by atoms with Crippen molar-refractivity contribution in [2.24, 2.45) is 0 Å². The fraction of sp³-hybridized carbons (Fsp3) is 0.304. The first-order valence-electron chi connectivity index (χ1n) is 10.6. The van der Waals surface area contributed by atoms with E-state index in [0.29, 0.717) is 22.4 Å². The van der Waals surface area contributed by atoms with Crippen LogP contribution in [0.2, 0.25) is 0 Å². The molecule has 0 saturated carbocycles. The molecule has 0 spiro atoms. The average Bonchev–Trinajstić information content (AvgIpc) is 2.83. The molecule has 3 aromatic rings. The molecular formula is C23H26N6O3. The predicted molar refractivity (Wildman–Crippen MR) is 123 cm³/mol. The smallest absolute Gasteiger partial charge is 0.290 e. The molecule has 2 heterocycles. The number of fused-ring (bicyclic) bond motifs is 1. The summed E-state index contributed by atoms with van der Waals surface area (Å²) in [6, 6.07) is 14.5. The van der Waals surface area contributed by atoms with E-state index in [9.17, 15) is 14.4 Å². The lowest BCUT2D eigenvalue weighted by Crippen LogP contribution is -2.48. The summed E-state index contributed by atoms with van der Waals surface area (Å²) in [6.45, 7) is 8.33. The molecule has 166 valence electrons. The van der Waals surface area contributed by atoms with Gasteiger partial charge >= 0.3 is 0 Å². The summed E-state index contributed by atoms with van der Waals surface area (Å²) in [6.07, 6.45) is 0. The van der Waals surface area contributed by atoms with E-state index >= 15 is 0 Å². The molecule has 2 aromatic carbocycles. The van der Waals surface area contributed by atoms with Gasteiger partial charge in [0, 0.05) is 48.9 Å². The summed E-state index contributed by atoms with van der Waals surface area (Å²) >= 11 is 0. The number of amides is 2. The van der Waals surface area contributed by atoms with Crippen LogP contribution >= 0.6 is 0 Å². The maximum Gasteiger partial charge on any atom is 0.290 e. The lowest BCUT2D eigenvalue weighted by Gasteiger charge is -2.38. The van der Waals surface area contributed by atoms with E-state index in [4.69, 9.17) is 0 Å². The van der Waals surface area contributed by atoms with Crippen LogP contribution in [0.4, 0.5) is 5.69 Å². The van der Waals surface area contributed by atoms with Crippen molar-refractivity contribution < 1.29 is 9.59 Å². The van der Waals surface area contributed by atoms with Crippen LogP contribution in [0, 0.1) is 0 Å². The molecule has 0 aliphatic carbocycles. The van der Waals surface area contributed by atoms with E-state index in [1.807, 2.05) is 12.1 Å². The number of nitrogens with zero attached hydrogens (tertiary/aromatic N) is 3. The summed E-state index contributed by atoms with van der Waals surface area (Å²) < 4.78 is 0. The van der Waals surface area contributed by atoms with Gasteiger partial charge in [0.2, 0.25) is 0 Å². The monoisotopic (exact) mass is 434 g/mol. The number of piperazine rings is 1. The summed E-state index contributed by atoms with van der Waals surface area (Å²) in [7, 11) is 0. The zero-order chi connectivity index (χ0) is 22.7.